The molecule has 0 radical (unpaired) electrons. The fourth-order valence-corrected chi connectivity index (χ4v) is 5.86. The number of amides is 3. The number of nitrogens with zero attached hydrogens (tertiary/aromatic N) is 3. The van der Waals surface area contributed by atoms with Gasteiger partial charge < -0.3 is 10.2 Å². The summed E-state index contributed by atoms with van der Waals surface area (Å²) < 4.78 is 14.7. The van der Waals surface area contributed by atoms with E-state index in [2.05, 4.69) is 5.32 Å². The second-order valence-corrected chi connectivity index (χ2v) is 9.62. The zero-order chi connectivity index (χ0) is 26.7. The number of nitrogens with one attached hydrogen (secondary N) is 1. The third kappa shape index (κ3) is 3.48. The van der Waals surface area contributed by atoms with Gasteiger partial charge in [0.1, 0.15) is 16.9 Å². The Morgan fingerprint density at radius 1 is 1.00 bits per heavy atom. The quantitative estimate of drug-likeness (QED) is 0.300. The molecule has 2 fully saturated rings. The van der Waals surface area contributed by atoms with Crippen LogP contribution < -0.4 is 10.2 Å². The van der Waals surface area contributed by atoms with Crippen molar-refractivity contribution in [3.05, 3.63) is 105 Å². The lowest BCUT2D eigenvalue weighted by Crippen LogP contribution is -2.46. The van der Waals surface area contributed by atoms with Crippen LogP contribution in [0.5, 0.6) is 0 Å². The van der Waals surface area contributed by atoms with Crippen molar-refractivity contribution in [3.8, 4) is 0 Å². The van der Waals surface area contributed by atoms with Gasteiger partial charge in [-0.15, -0.1) is 0 Å². The van der Waals surface area contributed by atoms with Gasteiger partial charge in [0.05, 0.1) is 28.5 Å². The molecular weight excluding hydrogens is 515 g/mol. The standard InChI is InChI=1S/C27H18ClFN4O5/c28-17-10-9-15(13-20(17)33(37)38)30-25(34)24-22-21(23-16-6-2-1-5-14(16)11-12-31(23)24)26(35)32(27(22)36)19-8-4-3-7-18(19)29/h1-13,21-24H,(H,30,34)/t21-,22-,23-,24+/m1/s1. The normalized spacial score (nSPS) is 23.2. The number of hydrogen-bond donors (Lipinski definition) is 1. The number of hydrogen-bond acceptors (Lipinski definition) is 6. The molecule has 0 aromatic heterocycles. The summed E-state index contributed by atoms with van der Waals surface area (Å²) >= 11 is 5.90. The van der Waals surface area contributed by atoms with Crippen molar-refractivity contribution in [1.82, 2.24) is 4.90 Å². The van der Waals surface area contributed by atoms with Crippen molar-refractivity contribution in [3.63, 3.8) is 0 Å². The highest BCUT2D eigenvalue weighted by atomic mass is 35.5. The first-order valence-electron chi connectivity index (χ1n) is 11.7. The van der Waals surface area contributed by atoms with Crippen LogP contribution in [0.25, 0.3) is 6.08 Å². The van der Waals surface area contributed by atoms with Crippen LogP contribution in [0.15, 0.2) is 72.9 Å². The zero-order valence-electron chi connectivity index (χ0n) is 19.5. The van der Waals surface area contributed by atoms with E-state index in [4.69, 9.17) is 11.6 Å². The van der Waals surface area contributed by atoms with Gasteiger partial charge in [-0.25, -0.2) is 9.29 Å². The Labute approximate surface area is 220 Å². The first kappa shape index (κ1) is 23.8. The molecule has 0 saturated carbocycles. The lowest BCUT2D eigenvalue weighted by Gasteiger charge is -2.35. The third-order valence-corrected chi connectivity index (χ3v) is 7.55. The first-order chi connectivity index (χ1) is 18.3. The molecule has 0 aliphatic carbocycles. The monoisotopic (exact) mass is 532 g/mol. The number of carbonyl (C=O) groups is 3. The van der Waals surface area contributed by atoms with Crippen molar-refractivity contribution in [2.24, 2.45) is 11.8 Å². The summed E-state index contributed by atoms with van der Waals surface area (Å²) in [5.74, 6) is -4.73. The number of carbonyl (C=O) groups excluding carboxylic acids is 3. The number of fused-ring (bicyclic) bond motifs is 5. The van der Waals surface area contributed by atoms with Crippen LogP contribution in [-0.2, 0) is 14.4 Å². The molecule has 11 heteroatoms. The molecule has 190 valence electrons. The molecule has 38 heavy (non-hydrogen) atoms. The number of anilines is 2. The Morgan fingerprint density at radius 3 is 2.47 bits per heavy atom. The molecule has 3 heterocycles. The summed E-state index contributed by atoms with van der Waals surface area (Å²) in [6, 6.07) is 14.9. The second-order valence-electron chi connectivity index (χ2n) is 9.21. The van der Waals surface area contributed by atoms with Gasteiger partial charge in [0.2, 0.25) is 17.7 Å². The van der Waals surface area contributed by atoms with E-state index in [9.17, 15) is 28.9 Å². The molecule has 2 saturated heterocycles. The summed E-state index contributed by atoms with van der Waals surface area (Å²) in [5.41, 5.74) is 1.15. The molecule has 6 rings (SSSR count). The number of halogens is 2. The van der Waals surface area contributed by atoms with Crippen LogP contribution in [0.4, 0.5) is 21.5 Å². The lowest BCUT2D eigenvalue weighted by atomic mass is 9.84. The summed E-state index contributed by atoms with van der Waals surface area (Å²) in [5, 5.41) is 13.9. The Hall–Kier alpha value is -4.57. The summed E-state index contributed by atoms with van der Waals surface area (Å²) in [4.78, 5) is 54.4. The Kier molecular flexibility index (Phi) is 5.50. The summed E-state index contributed by atoms with van der Waals surface area (Å²) in [6.07, 6.45) is 3.47. The van der Waals surface area contributed by atoms with Crippen LogP contribution in [-0.4, -0.2) is 33.6 Å². The maximum atomic E-state index is 14.7. The maximum Gasteiger partial charge on any atom is 0.289 e. The predicted octanol–water partition coefficient (Wildman–Crippen LogP) is 4.54. The molecule has 3 amide bonds. The highest BCUT2D eigenvalue weighted by Gasteiger charge is 2.64. The number of imide groups is 1. The topological polar surface area (TPSA) is 113 Å². The molecule has 4 atom stereocenters. The van der Waals surface area contributed by atoms with E-state index in [0.29, 0.717) is 0 Å². The minimum absolute atomic E-state index is 0.0957. The molecule has 3 aromatic rings. The minimum Gasteiger partial charge on any atom is -0.357 e. The predicted molar refractivity (Wildman–Crippen MR) is 136 cm³/mol. The minimum atomic E-state index is -1.14. The Morgan fingerprint density at radius 2 is 1.71 bits per heavy atom. The van der Waals surface area contributed by atoms with E-state index >= 15 is 0 Å². The van der Waals surface area contributed by atoms with Gasteiger partial charge in [0, 0.05) is 18.0 Å². The SMILES string of the molecule is O=C(Nc1ccc(Cl)c([N+](=O)[O-])c1)[C@@H]1[C@@H]2C(=O)N(c3ccccc3F)C(=O)[C@H]2[C@H]2c3ccccc3C=CN12. The number of rotatable bonds is 4. The van der Waals surface area contributed by atoms with Gasteiger partial charge >= 0.3 is 0 Å². The van der Waals surface area contributed by atoms with Crippen molar-refractivity contribution in [2.45, 2.75) is 12.1 Å². The Bertz CT molecular complexity index is 1580. The number of benzene rings is 3. The van der Waals surface area contributed by atoms with Gasteiger partial charge in [-0.3, -0.25) is 24.5 Å². The highest BCUT2D eigenvalue weighted by Crippen LogP contribution is 2.53. The van der Waals surface area contributed by atoms with Gasteiger partial charge in [0.15, 0.2) is 0 Å². The number of nitro groups is 1. The van der Waals surface area contributed by atoms with E-state index in [1.54, 1.807) is 23.2 Å². The Balaban J connectivity index is 1.43. The van der Waals surface area contributed by atoms with Gasteiger partial charge in [-0.05, 0) is 41.5 Å². The average Bonchev–Trinajstić information content (AvgIpc) is 3.38. The van der Waals surface area contributed by atoms with Crippen LogP contribution in [0.3, 0.4) is 0 Å². The maximum absolute atomic E-state index is 14.7. The van der Waals surface area contributed by atoms with Crippen molar-refractivity contribution < 1.29 is 23.7 Å². The van der Waals surface area contributed by atoms with Crippen LogP contribution in [0.1, 0.15) is 17.2 Å². The lowest BCUT2D eigenvalue weighted by molar-refractivity contribution is -0.384. The van der Waals surface area contributed by atoms with Gasteiger partial charge in [0.25, 0.3) is 5.69 Å². The average molecular weight is 533 g/mol. The van der Waals surface area contributed by atoms with E-state index in [0.717, 1.165) is 28.2 Å². The van der Waals surface area contributed by atoms with Crippen molar-refractivity contribution in [2.75, 3.05) is 10.2 Å². The first-order valence-corrected chi connectivity index (χ1v) is 12.1. The smallest absolute Gasteiger partial charge is 0.289 e. The van der Waals surface area contributed by atoms with Crippen LogP contribution >= 0.6 is 11.6 Å². The molecular formula is C27H18ClFN4O5. The van der Waals surface area contributed by atoms with E-state index in [1.807, 2.05) is 18.2 Å². The van der Waals surface area contributed by atoms with Crippen LogP contribution in [0, 0.1) is 27.8 Å². The largest absolute Gasteiger partial charge is 0.357 e. The van der Waals surface area contributed by atoms with Crippen molar-refractivity contribution >= 4 is 52.5 Å². The number of para-hydroxylation sites is 1. The number of nitro benzene ring substituents is 1. The molecule has 0 bridgehead atoms. The van der Waals surface area contributed by atoms with Crippen LogP contribution in [0.2, 0.25) is 5.02 Å². The molecule has 3 aromatic carbocycles. The summed E-state index contributed by atoms with van der Waals surface area (Å²) in [7, 11) is 0. The summed E-state index contributed by atoms with van der Waals surface area (Å²) in [6.45, 7) is 0. The molecule has 0 unspecified atom stereocenters. The molecule has 1 N–H and O–H groups in total. The molecule has 3 aliphatic heterocycles. The molecule has 0 spiro atoms. The van der Waals surface area contributed by atoms with Crippen molar-refractivity contribution in [1.29, 1.82) is 0 Å². The van der Waals surface area contributed by atoms with E-state index in [-0.39, 0.29) is 16.4 Å². The zero-order valence-corrected chi connectivity index (χ0v) is 20.2. The fourth-order valence-electron chi connectivity index (χ4n) is 5.67. The molecule has 9 nitrogen and oxygen atoms in total. The second kappa shape index (κ2) is 8.77. The van der Waals surface area contributed by atoms with E-state index < -0.39 is 58.1 Å². The fraction of sp³-hybridized carbons (Fsp3) is 0.148. The van der Waals surface area contributed by atoms with E-state index in [1.165, 1.54) is 30.3 Å². The van der Waals surface area contributed by atoms with Gasteiger partial charge in [-0.1, -0.05) is 48.0 Å². The molecule has 3 aliphatic rings. The van der Waals surface area contributed by atoms with Gasteiger partial charge in [-0.2, -0.15) is 0 Å². The highest BCUT2D eigenvalue weighted by molar-refractivity contribution is 6.32. The third-order valence-electron chi connectivity index (χ3n) is 7.23.